The molecule has 1 aliphatic rings. The number of aryl methyl sites for hydroxylation is 1. The second kappa shape index (κ2) is 6.95. The van der Waals surface area contributed by atoms with Crippen molar-refractivity contribution in [1.29, 1.82) is 0 Å². The van der Waals surface area contributed by atoms with E-state index in [-0.39, 0.29) is 23.8 Å². The highest BCUT2D eigenvalue weighted by molar-refractivity contribution is 5.74. The summed E-state index contributed by atoms with van der Waals surface area (Å²) in [5, 5.41) is 5.78. The van der Waals surface area contributed by atoms with Crippen molar-refractivity contribution >= 4 is 6.03 Å². The summed E-state index contributed by atoms with van der Waals surface area (Å²) in [6, 6.07) is 6.37. The van der Waals surface area contributed by atoms with E-state index in [9.17, 15) is 9.18 Å². The van der Waals surface area contributed by atoms with Crippen LogP contribution < -0.4 is 10.6 Å². The Bertz CT molecular complexity index is 750. The Hall–Kier alpha value is -2.50. The lowest BCUT2D eigenvalue weighted by molar-refractivity contribution is 0.229. The second-order valence-electron chi connectivity index (χ2n) is 6.22. The number of nitrogens with zero attached hydrogens (tertiary/aromatic N) is 2. The van der Waals surface area contributed by atoms with Gasteiger partial charge >= 0.3 is 6.03 Å². The van der Waals surface area contributed by atoms with Crippen LogP contribution in [-0.4, -0.2) is 16.0 Å². The number of nitrogens with one attached hydrogen (secondary N) is 2. The van der Waals surface area contributed by atoms with Crippen LogP contribution in [0, 0.1) is 18.7 Å². The number of halogens is 1. The molecule has 24 heavy (non-hydrogen) atoms. The van der Waals surface area contributed by atoms with Gasteiger partial charge in [-0.3, -0.25) is 0 Å². The first-order chi connectivity index (χ1) is 11.5. The fraction of sp³-hybridized carbons (Fsp3) is 0.389. The van der Waals surface area contributed by atoms with Crippen LogP contribution >= 0.6 is 0 Å². The molecule has 0 bridgehead atoms. The normalized spacial score (nSPS) is 19.5. The number of carbonyl (C=O) groups is 1. The van der Waals surface area contributed by atoms with Gasteiger partial charge in [-0.1, -0.05) is 19.1 Å². The van der Waals surface area contributed by atoms with Gasteiger partial charge in [0, 0.05) is 6.20 Å². The lowest BCUT2D eigenvalue weighted by Gasteiger charge is -2.32. The summed E-state index contributed by atoms with van der Waals surface area (Å²) in [4.78, 5) is 20.5. The molecule has 3 rings (SSSR count). The van der Waals surface area contributed by atoms with Crippen LogP contribution in [0.4, 0.5) is 9.18 Å². The summed E-state index contributed by atoms with van der Waals surface area (Å²) in [7, 11) is 0. The fourth-order valence-corrected chi connectivity index (χ4v) is 3.16. The Kier molecular flexibility index (Phi) is 4.74. The lowest BCUT2D eigenvalue weighted by atomic mass is 9.80. The summed E-state index contributed by atoms with van der Waals surface area (Å²) >= 11 is 0. The molecule has 1 aliphatic carbocycles. The zero-order valence-corrected chi connectivity index (χ0v) is 13.8. The maximum absolute atomic E-state index is 14.0. The van der Waals surface area contributed by atoms with Gasteiger partial charge < -0.3 is 10.6 Å². The molecular weight excluding hydrogens is 307 g/mol. The molecule has 2 atom stereocenters. The van der Waals surface area contributed by atoms with Gasteiger partial charge in [-0.25, -0.2) is 19.2 Å². The van der Waals surface area contributed by atoms with Gasteiger partial charge in [0.2, 0.25) is 0 Å². The van der Waals surface area contributed by atoms with Crippen molar-refractivity contribution < 1.29 is 9.18 Å². The molecular formula is C18H21FN4O. The minimum Gasteiger partial charge on any atom is -0.332 e. The number of benzene rings is 1. The highest BCUT2D eigenvalue weighted by Crippen LogP contribution is 2.35. The van der Waals surface area contributed by atoms with Crippen LogP contribution in [0.1, 0.15) is 42.0 Å². The second-order valence-corrected chi connectivity index (χ2v) is 6.22. The molecule has 5 nitrogen and oxygen atoms in total. The Labute approximate surface area is 140 Å². The fourth-order valence-electron chi connectivity index (χ4n) is 3.16. The molecule has 1 heterocycles. The van der Waals surface area contributed by atoms with E-state index in [2.05, 4.69) is 27.5 Å². The number of amides is 2. The molecule has 0 saturated heterocycles. The number of fused-ring (bicyclic) bond motifs is 1. The average molecular weight is 328 g/mol. The first-order valence-corrected chi connectivity index (χ1v) is 8.15. The van der Waals surface area contributed by atoms with Gasteiger partial charge in [-0.15, -0.1) is 0 Å². The molecule has 2 N–H and O–H groups in total. The van der Waals surface area contributed by atoms with Crippen LogP contribution in [0.2, 0.25) is 0 Å². The minimum absolute atomic E-state index is 0.184. The number of carbonyl (C=O) groups excluding carboxylic acids is 1. The molecule has 0 unspecified atom stereocenters. The van der Waals surface area contributed by atoms with Crippen LogP contribution in [0.15, 0.2) is 30.5 Å². The lowest BCUT2D eigenvalue weighted by Crippen LogP contribution is -2.41. The molecule has 126 valence electrons. The molecule has 0 spiro atoms. The maximum Gasteiger partial charge on any atom is 0.315 e. The van der Waals surface area contributed by atoms with E-state index in [0.29, 0.717) is 24.4 Å². The molecule has 1 aromatic carbocycles. The molecule has 0 radical (unpaired) electrons. The number of hydrogen-bond donors (Lipinski definition) is 2. The number of hydrogen-bond acceptors (Lipinski definition) is 3. The average Bonchev–Trinajstić information content (AvgIpc) is 2.56. The third-order valence-electron chi connectivity index (χ3n) is 4.46. The van der Waals surface area contributed by atoms with Gasteiger partial charge in [0.25, 0.3) is 0 Å². The summed E-state index contributed by atoms with van der Waals surface area (Å²) in [5.74, 6) is 0.731. The van der Waals surface area contributed by atoms with E-state index in [1.54, 1.807) is 25.3 Å². The van der Waals surface area contributed by atoms with Gasteiger partial charge in [-0.05, 0) is 48.9 Å². The minimum atomic E-state index is -0.278. The number of urea groups is 1. The smallest absolute Gasteiger partial charge is 0.315 e. The Morgan fingerprint density at radius 1 is 1.38 bits per heavy atom. The van der Waals surface area contributed by atoms with Crippen molar-refractivity contribution in [3.63, 3.8) is 0 Å². The topological polar surface area (TPSA) is 66.9 Å². The molecule has 0 fully saturated rings. The molecule has 6 heteroatoms. The SMILES string of the molecule is Cc1nccc(CNC(=O)N[C@@H]2c3cccc(F)c3CC[C@H]2C)n1. The van der Waals surface area contributed by atoms with E-state index < -0.39 is 0 Å². The zero-order chi connectivity index (χ0) is 17.1. The molecule has 1 aromatic heterocycles. The first-order valence-electron chi connectivity index (χ1n) is 8.15. The van der Waals surface area contributed by atoms with Crippen molar-refractivity contribution in [3.05, 3.63) is 58.9 Å². The van der Waals surface area contributed by atoms with Crippen molar-refractivity contribution in [2.24, 2.45) is 5.92 Å². The Morgan fingerprint density at radius 3 is 3.00 bits per heavy atom. The zero-order valence-electron chi connectivity index (χ0n) is 13.8. The van der Waals surface area contributed by atoms with E-state index >= 15 is 0 Å². The van der Waals surface area contributed by atoms with E-state index in [0.717, 1.165) is 17.7 Å². The van der Waals surface area contributed by atoms with Crippen LogP contribution in [0.5, 0.6) is 0 Å². The monoisotopic (exact) mass is 328 g/mol. The van der Waals surface area contributed by atoms with Gasteiger partial charge in [0.05, 0.1) is 18.3 Å². The van der Waals surface area contributed by atoms with E-state index in [1.165, 1.54) is 6.07 Å². The van der Waals surface area contributed by atoms with E-state index in [4.69, 9.17) is 0 Å². The first kappa shape index (κ1) is 16.4. The summed E-state index contributed by atoms with van der Waals surface area (Å²) in [6.07, 6.45) is 3.23. The highest BCUT2D eigenvalue weighted by Gasteiger charge is 2.29. The molecule has 2 aromatic rings. The van der Waals surface area contributed by atoms with Crippen molar-refractivity contribution in [3.8, 4) is 0 Å². The quantitative estimate of drug-likeness (QED) is 0.910. The Morgan fingerprint density at radius 2 is 2.21 bits per heavy atom. The summed E-state index contributed by atoms with van der Waals surface area (Å²) < 4.78 is 14.0. The molecule has 0 saturated carbocycles. The summed E-state index contributed by atoms with van der Waals surface area (Å²) in [5.41, 5.74) is 2.34. The maximum atomic E-state index is 14.0. The van der Waals surface area contributed by atoms with Crippen LogP contribution in [-0.2, 0) is 13.0 Å². The van der Waals surface area contributed by atoms with Crippen molar-refractivity contribution in [2.45, 2.75) is 39.3 Å². The van der Waals surface area contributed by atoms with Crippen molar-refractivity contribution in [2.75, 3.05) is 0 Å². The van der Waals surface area contributed by atoms with Crippen LogP contribution in [0.25, 0.3) is 0 Å². The van der Waals surface area contributed by atoms with Gasteiger partial charge in [-0.2, -0.15) is 0 Å². The molecule has 2 amide bonds. The predicted molar refractivity (Wildman–Crippen MR) is 88.8 cm³/mol. The standard InChI is InChI=1S/C18H21FN4O/c1-11-6-7-14-15(4-3-5-16(14)19)17(11)23-18(24)21-10-13-8-9-20-12(2)22-13/h3-5,8-9,11,17H,6-7,10H2,1-2H3,(H2,21,23,24)/t11-,17+/m1/s1. The van der Waals surface area contributed by atoms with Gasteiger partial charge in [0.15, 0.2) is 0 Å². The third-order valence-corrected chi connectivity index (χ3v) is 4.46. The Balaban J connectivity index is 1.67. The van der Waals surface area contributed by atoms with E-state index in [1.807, 2.05) is 6.07 Å². The number of aromatic nitrogens is 2. The summed E-state index contributed by atoms with van der Waals surface area (Å²) in [6.45, 7) is 4.21. The third kappa shape index (κ3) is 3.53. The number of rotatable bonds is 3. The largest absolute Gasteiger partial charge is 0.332 e. The molecule has 0 aliphatic heterocycles. The highest BCUT2D eigenvalue weighted by atomic mass is 19.1. The van der Waals surface area contributed by atoms with Crippen LogP contribution in [0.3, 0.4) is 0 Å². The predicted octanol–water partition coefficient (Wildman–Crippen LogP) is 3.05. The van der Waals surface area contributed by atoms with Crippen molar-refractivity contribution in [1.82, 2.24) is 20.6 Å². The van der Waals surface area contributed by atoms with Gasteiger partial charge in [0.1, 0.15) is 11.6 Å².